The second-order valence-corrected chi connectivity index (χ2v) is 21.9. The third-order valence-electron chi connectivity index (χ3n) is 13.3. The van der Waals surface area contributed by atoms with Gasteiger partial charge in [0.15, 0.2) is 0 Å². The molecular formula is C57H86Cl6N20O3. The Morgan fingerprint density at radius 3 is 0.884 bits per heavy atom. The maximum Gasteiger partial charge on any atom is 0.244 e. The van der Waals surface area contributed by atoms with E-state index in [2.05, 4.69) is 92.1 Å². The summed E-state index contributed by atoms with van der Waals surface area (Å²) in [6, 6.07) is 16.0. The number of nitrogens with two attached hydrogens (primary N) is 1. The molecule has 6 aromatic rings. The van der Waals surface area contributed by atoms with Gasteiger partial charge in [0, 0.05) is 69.4 Å². The number of halogens is 6. The van der Waals surface area contributed by atoms with Crippen molar-refractivity contribution in [1.82, 2.24) is 64.9 Å². The zero-order valence-electron chi connectivity index (χ0n) is 47.1. The largest absolute Gasteiger partial charge is 0.495 e. The number of ether oxygens (including phenoxy) is 3. The summed E-state index contributed by atoms with van der Waals surface area (Å²) in [5.74, 6) is 9.89. The van der Waals surface area contributed by atoms with Crippen LogP contribution in [0.15, 0.2) is 54.6 Å². The zero-order valence-corrected chi connectivity index (χ0v) is 51.6. The van der Waals surface area contributed by atoms with E-state index < -0.39 is 0 Å². The van der Waals surface area contributed by atoms with E-state index in [9.17, 15) is 0 Å². The van der Waals surface area contributed by atoms with Crippen molar-refractivity contribution in [1.29, 1.82) is 0 Å². The molecule has 0 aliphatic carbocycles. The lowest BCUT2D eigenvalue weighted by Gasteiger charge is -2.23. The van der Waals surface area contributed by atoms with Gasteiger partial charge >= 0.3 is 0 Å². The van der Waals surface area contributed by atoms with Gasteiger partial charge < -0.3 is 30.2 Å². The van der Waals surface area contributed by atoms with E-state index in [0.717, 1.165) is 76.6 Å². The third kappa shape index (κ3) is 25.6. The average molecular weight is 1310 g/mol. The molecule has 3 aromatic carbocycles. The molecule has 29 heteroatoms. The summed E-state index contributed by atoms with van der Waals surface area (Å²) in [5, 5.41) is 19.3. The van der Waals surface area contributed by atoms with Crippen LogP contribution in [0.25, 0.3) is 0 Å². The fourth-order valence-electron chi connectivity index (χ4n) is 9.06. The number of hydrogen-bond acceptors (Lipinski definition) is 23. The van der Waals surface area contributed by atoms with E-state index in [1.54, 1.807) is 57.7 Å². The molecule has 10 rings (SSSR count). The van der Waals surface area contributed by atoms with Crippen LogP contribution in [0.4, 0.5) is 52.8 Å². The molecule has 4 aliphatic heterocycles. The molecule has 3 aromatic heterocycles. The van der Waals surface area contributed by atoms with E-state index >= 15 is 0 Å². The fourth-order valence-corrected chi connectivity index (χ4v) is 10.4. The number of rotatable bonds is 15. The second-order valence-electron chi connectivity index (χ2n) is 19.7. The van der Waals surface area contributed by atoms with Crippen LogP contribution in [0.2, 0.25) is 30.9 Å². The first kappa shape index (κ1) is 72.9. The average Bonchev–Trinajstić information content (AvgIpc) is 3.27. The van der Waals surface area contributed by atoms with Gasteiger partial charge in [-0.05, 0) is 141 Å². The lowest BCUT2D eigenvalue weighted by molar-refractivity contribution is 0.296. The topological polar surface area (TPSA) is 255 Å². The van der Waals surface area contributed by atoms with Crippen LogP contribution in [0.3, 0.4) is 0 Å². The maximum atomic E-state index is 6.29. The first-order chi connectivity index (χ1) is 40.3. The Balaban J connectivity index is 0.000000262. The SMILES string of the molecule is C.C.C.COc1ccc(Nc2nc(Cl)nc(Cl)n2)cc1Cl.COc1ccc(Nc2nc(Cl)nc(NN3CCCCCC3)n2)cc1Cl.COc1ccc(Nc2nc(NN3CCCCCC3)nc(NN3CCCCCC3)n2)cc1Cl.NN1CCCCCC1. The van der Waals surface area contributed by atoms with E-state index in [4.69, 9.17) is 89.7 Å². The molecule has 0 radical (unpaired) electrons. The van der Waals surface area contributed by atoms with Crippen molar-refractivity contribution in [3.63, 3.8) is 0 Å². The highest BCUT2D eigenvalue weighted by atomic mass is 35.5. The van der Waals surface area contributed by atoms with Gasteiger partial charge in [-0.15, -0.1) is 0 Å². The summed E-state index contributed by atoms with van der Waals surface area (Å²) >= 11 is 35.8. The van der Waals surface area contributed by atoms with Crippen LogP contribution in [0.1, 0.15) is 125 Å². The zero-order chi connectivity index (χ0) is 58.8. The molecule has 0 bridgehead atoms. The summed E-state index contributed by atoms with van der Waals surface area (Å²) in [7, 11) is 4.71. The molecule has 4 fully saturated rings. The minimum atomic E-state index is 0. The van der Waals surface area contributed by atoms with Crippen molar-refractivity contribution >= 4 is 122 Å². The van der Waals surface area contributed by atoms with E-state index in [1.807, 2.05) is 23.2 Å². The Morgan fingerprint density at radius 2 is 0.581 bits per heavy atom. The van der Waals surface area contributed by atoms with Crippen LogP contribution in [-0.4, -0.2) is 139 Å². The quantitative estimate of drug-likeness (QED) is 0.0472. The van der Waals surface area contributed by atoms with Gasteiger partial charge in [0.2, 0.25) is 51.5 Å². The van der Waals surface area contributed by atoms with E-state index in [1.165, 1.54) is 89.9 Å². The van der Waals surface area contributed by atoms with Crippen LogP contribution < -0.4 is 52.3 Å². The summed E-state index contributed by atoms with van der Waals surface area (Å²) in [5.41, 5.74) is 12.2. The molecule has 474 valence electrons. The molecule has 86 heavy (non-hydrogen) atoms. The van der Waals surface area contributed by atoms with Crippen LogP contribution in [0, 0.1) is 0 Å². The van der Waals surface area contributed by atoms with Crippen LogP contribution >= 0.6 is 69.6 Å². The number of hydrogen-bond donors (Lipinski definition) is 7. The highest BCUT2D eigenvalue weighted by Crippen LogP contribution is 2.31. The summed E-state index contributed by atoms with van der Waals surface area (Å²) in [6.07, 6.45) is 19.9. The summed E-state index contributed by atoms with van der Waals surface area (Å²) in [6.45, 7) is 8.05. The number of hydrazine groups is 4. The van der Waals surface area contributed by atoms with Crippen LogP contribution in [-0.2, 0) is 0 Å². The Morgan fingerprint density at radius 1 is 0.337 bits per heavy atom. The van der Waals surface area contributed by atoms with E-state index in [-0.39, 0.29) is 44.1 Å². The van der Waals surface area contributed by atoms with Gasteiger partial charge in [-0.3, -0.25) is 22.1 Å². The minimum absolute atomic E-state index is 0. The van der Waals surface area contributed by atoms with Gasteiger partial charge in [-0.1, -0.05) is 108 Å². The fraction of sp³-hybridized carbons (Fsp3) is 0.526. The van der Waals surface area contributed by atoms with Gasteiger partial charge in [0.05, 0.1) is 36.4 Å². The molecule has 4 aliphatic rings. The van der Waals surface area contributed by atoms with E-state index in [0.29, 0.717) is 67.7 Å². The number of anilines is 9. The molecule has 0 unspecified atom stereocenters. The standard InChI is InChI=1S/C22H33ClN8O.C16H20Cl2N6O.C10H7Cl3N4O.C6H14N2.3CH4/c1-32-19-11-10-17(16-18(19)23)24-20-25-21(28-30-12-6-2-3-7-13-30)27-22(26-20)29-31-14-8-4-5-9-15-31;1-25-13-7-6-11(10-12(13)17)19-15-20-14(18)21-16(22-15)23-24-8-4-2-3-5-9-24;1-18-7-3-2-5(4-6(7)11)14-10-16-8(12)15-9(13)17-10;7-8-5-3-1-2-4-6-8;;;/h10-11,16H,2-9,12-15H2,1H3,(H3,24,25,26,27,28,29);6-7,10H,2-5,8-9H2,1H3,(H2,19,20,21,22,23);2-4H,1H3,(H,14,15,16,17);1-7H2;3*1H4. The minimum Gasteiger partial charge on any atom is -0.495 e. The van der Waals surface area contributed by atoms with Crippen LogP contribution in [0.5, 0.6) is 17.2 Å². The van der Waals surface area contributed by atoms with Crippen molar-refractivity contribution < 1.29 is 14.2 Å². The van der Waals surface area contributed by atoms with Crippen molar-refractivity contribution in [3.05, 3.63) is 85.5 Å². The predicted molar refractivity (Wildman–Crippen MR) is 354 cm³/mol. The molecule has 0 atom stereocenters. The molecular weight excluding hydrogens is 1230 g/mol. The number of nitrogens with one attached hydrogen (secondary N) is 6. The Kier molecular flexibility index (Phi) is 33.4. The monoisotopic (exact) mass is 1310 g/mol. The van der Waals surface area contributed by atoms with Crippen molar-refractivity contribution in [2.45, 2.75) is 125 Å². The summed E-state index contributed by atoms with van der Waals surface area (Å²) < 4.78 is 15.4. The lowest BCUT2D eigenvalue weighted by atomic mass is 10.2. The predicted octanol–water partition coefficient (Wildman–Crippen LogP) is 15.0. The number of aromatic nitrogens is 9. The van der Waals surface area contributed by atoms with Gasteiger partial charge in [0.25, 0.3) is 0 Å². The first-order valence-electron chi connectivity index (χ1n) is 27.9. The third-order valence-corrected chi connectivity index (χ3v) is 14.7. The van der Waals surface area contributed by atoms with Crippen molar-refractivity contribution in [3.8, 4) is 17.2 Å². The molecule has 4 saturated heterocycles. The normalized spacial score (nSPS) is 15.8. The van der Waals surface area contributed by atoms with Crippen molar-refractivity contribution in [2.24, 2.45) is 5.84 Å². The molecule has 8 N–H and O–H groups in total. The Labute approximate surface area is 537 Å². The Bertz CT molecular complexity index is 2850. The molecule has 7 heterocycles. The number of methoxy groups -OCH3 is 3. The number of benzene rings is 3. The highest BCUT2D eigenvalue weighted by Gasteiger charge is 2.18. The first-order valence-corrected chi connectivity index (χ1v) is 30.2. The number of nitrogens with zero attached hydrogens (tertiary/aromatic N) is 13. The molecule has 23 nitrogen and oxygen atoms in total. The highest BCUT2D eigenvalue weighted by molar-refractivity contribution is 6.33. The van der Waals surface area contributed by atoms with Crippen molar-refractivity contribution in [2.75, 3.05) is 106 Å². The Hall–Kier alpha value is -5.57. The smallest absolute Gasteiger partial charge is 0.244 e. The second kappa shape index (κ2) is 39.3. The van der Waals surface area contributed by atoms with Gasteiger partial charge in [0.1, 0.15) is 17.2 Å². The molecule has 0 spiro atoms. The lowest BCUT2D eigenvalue weighted by Crippen LogP contribution is -2.34. The summed E-state index contributed by atoms with van der Waals surface area (Å²) in [4.78, 5) is 37.9. The molecule has 0 saturated carbocycles. The van der Waals surface area contributed by atoms with Gasteiger partial charge in [-0.25, -0.2) is 20.0 Å². The molecule has 0 amide bonds. The van der Waals surface area contributed by atoms with Gasteiger partial charge in [-0.2, -0.15) is 44.9 Å². The maximum absolute atomic E-state index is 6.29.